The largest absolute Gasteiger partial charge is 0.191 e. The van der Waals surface area contributed by atoms with Crippen molar-refractivity contribution in [2.75, 3.05) is 0 Å². The van der Waals surface area contributed by atoms with Crippen molar-refractivity contribution >= 4 is 50.9 Å². The van der Waals surface area contributed by atoms with Gasteiger partial charge in [-0.3, -0.25) is 0 Å². The zero-order chi connectivity index (χ0) is 19.7. The van der Waals surface area contributed by atoms with Crippen molar-refractivity contribution in [2.45, 2.75) is 77.3 Å². The maximum Gasteiger partial charge on any atom is 0.191 e. The topological polar surface area (TPSA) is 18.8 Å². The van der Waals surface area contributed by atoms with E-state index >= 15 is 0 Å². The number of rotatable bonds is 1. The van der Waals surface area contributed by atoms with E-state index in [1.165, 1.54) is 0 Å². The summed E-state index contributed by atoms with van der Waals surface area (Å²) < 4.78 is 10.7. The van der Waals surface area contributed by atoms with Gasteiger partial charge in [0.2, 0.25) is 0 Å². The van der Waals surface area contributed by atoms with Crippen molar-refractivity contribution in [2.24, 2.45) is 4.74 Å². The van der Waals surface area contributed by atoms with Crippen molar-refractivity contribution in [3.8, 4) is 0 Å². The van der Waals surface area contributed by atoms with Crippen LogP contribution in [0, 0.1) is 0 Å². The summed E-state index contributed by atoms with van der Waals surface area (Å²) in [4.78, 5) is 0. The summed E-state index contributed by atoms with van der Waals surface area (Å²) in [6, 6.07) is 8.57. The molecule has 1 aliphatic heterocycles. The zero-order valence-electron chi connectivity index (χ0n) is 17.7. The summed E-state index contributed by atoms with van der Waals surface area (Å²) in [5, 5.41) is 0. The van der Waals surface area contributed by atoms with Gasteiger partial charge in [0.05, 0.1) is 0 Å². The van der Waals surface area contributed by atoms with Crippen LogP contribution in [0.3, 0.4) is 0 Å². The Kier molecular flexibility index (Phi) is 7.90. The number of benzene rings is 1. The van der Waals surface area contributed by atoms with Crippen molar-refractivity contribution in [1.29, 1.82) is 0 Å². The van der Waals surface area contributed by atoms with Gasteiger partial charge in [-0.25, -0.2) is 0 Å². The molecule has 0 bridgehead atoms. The molecule has 0 saturated carbocycles. The molecule has 1 fully saturated rings. The molecule has 0 unspecified atom stereocenters. The molecular formula is C18H35AlN3PSeSi. The second kappa shape index (κ2) is 8.34. The fourth-order valence-corrected chi connectivity index (χ4v) is 26.8. The molecule has 25 heavy (non-hydrogen) atoms. The normalized spacial score (nSPS) is 20.1. The van der Waals surface area contributed by atoms with Gasteiger partial charge in [-0.1, -0.05) is 0 Å². The molecule has 1 aromatic rings. The fraction of sp³-hybridized carbons (Fsp3) is 0.667. The summed E-state index contributed by atoms with van der Waals surface area (Å²) in [7, 11) is -1.68. The Morgan fingerprint density at radius 3 is 1.60 bits per heavy atom. The van der Waals surface area contributed by atoms with Gasteiger partial charge in [0.1, 0.15) is 0 Å². The summed E-state index contributed by atoms with van der Waals surface area (Å²) in [6.07, 6.45) is 0. The van der Waals surface area contributed by atoms with Gasteiger partial charge in [0, 0.05) is 0 Å². The van der Waals surface area contributed by atoms with Gasteiger partial charge in [-0.15, -0.1) is 11.6 Å². The molecule has 2 rings (SSSR count). The second-order valence-corrected chi connectivity index (χ2v) is 19.9. The molecule has 7 heteroatoms. The van der Waals surface area contributed by atoms with E-state index in [-0.39, 0.29) is 11.1 Å². The van der Waals surface area contributed by atoms with Crippen LogP contribution in [0.25, 0.3) is 0 Å². The van der Waals surface area contributed by atoms with E-state index in [0.717, 1.165) is 20.9 Å². The predicted molar refractivity (Wildman–Crippen MR) is 119 cm³/mol. The van der Waals surface area contributed by atoms with E-state index in [1.807, 2.05) is 6.07 Å². The second-order valence-electron chi connectivity index (χ2n) is 8.99. The smallest absolute Gasteiger partial charge is 0.115 e. The van der Waals surface area contributed by atoms with E-state index in [0.29, 0.717) is 0 Å². The fourth-order valence-electron chi connectivity index (χ4n) is 3.94. The van der Waals surface area contributed by atoms with Crippen LogP contribution in [0.15, 0.2) is 35.1 Å². The average Bonchev–Trinajstić information content (AvgIpc) is 2.34. The van der Waals surface area contributed by atoms with Gasteiger partial charge >= 0.3 is 145 Å². The first-order valence-corrected chi connectivity index (χ1v) is 18.0. The van der Waals surface area contributed by atoms with Gasteiger partial charge in [0.15, 0.2) is 15.2 Å². The molecule has 1 heterocycles. The SMILES string of the molecule is CC(C)(C)N1[Si](C)(C)N(C(C)(C)C)P1([Se])=Nc1ccccc1.[CH3][Al][CH3]. The number of hydrogen-bond acceptors (Lipinski definition) is 1. The molecule has 0 atom stereocenters. The van der Waals surface area contributed by atoms with Crippen LogP contribution < -0.4 is 0 Å². The molecule has 1 aliphatic rings. The molecule has 0 aromatic heterocycles. The molecule has 0 amide bonds. The third kappa shape index (κ3) is 5.12. The molecule has 0 aliphatic carbocycles. The van der Waals surface area contributed by atoms with Crippen LogP contribution in [-0.4, -0.2) is 58.9 Å². The predicted octanol–water partition coefficient (Wildman–Crippen LogP) is 6.14. The first-order valence-electron chi connectivity index (χ1n) is 8.97. The van der Waals surface area contributed by atoms with Gasteiger partial charge in [-0.2, -0.15) is 0 Å². The van der Waals surface area contributed by atoms with Gasteiger partial charge in [-0.05, 0) is 0 Å². The first-order chi connectivity index (χ1) is 11.2. The minimum atomic E-state index is -1.82. The molecular weight excluding hydrogens is 423 g/mol. The van der Waals surface area contributed by atoms with Crippen LogP contribution in [0.2, 0.25) is 24.7 Å². The molecule has 0 spiro atoms. The Morgan fingerprint density at radius 2 is 1.28 bits per heavy atom. The molecule has 140 valence electrons. The van der Waals surface area contributed by atoms with Gasteiger partial charge < -0.3 is 0 Å². The quantitative estimate of drug-likeness (QED) is 0.372. The summed E-state index contributed by atoms with van der Waals surface area (Å²) >= 11 is 4.29. The third-order valence-corrected chi connectivity index (χ3v) is 19.1. The van der Waals surface area contributed by atoms with E-state index < -0.39 is 14.4 Å². The Hall–Kier alpha value is 0.639. The molecule has 2 radical (unpaired) electrons. The molecule has 1 aromatic carbocycles. The van der Waals surface area contributed by atoms with Crippen LogP contribution in [0.5, 0.6) is 0 Å². The van der Waals surface area contributed by atoms with Crippen molar-refractivity contribution in [3.05, 3.63) is 30.3 Å². The van der Waals surface area contributed by atoms with Crippen molar-refractivity contribution in [3.63, 3.8) is 0 Å². The first kappa shape index (κ1) is 23.7. The molecule has 1 saturated heterocycles. The minimum absolute atomic E-state index is 0.120. The Morgan fingerprint density at radius 1 is 0.920 bits per heavy atom. The number of nitrogens with zero attached hydrogens (tertiary/aromatic N) is 3. The maximum absolute atomic E-state index is 5.23. The Labute approximate surface area is 171 Å². The molecule has 3 nitrogen and oxygen atoms in total. The van der Waals surface area contributed by atoms with Crippen LogP contribution in [0.4, 0.5) is 5.69 Å². The minimum Gasteiger partial charge on any atom is -0.115 e. The van der Waals surface area contributed by atoms with Gasteiger partial charge in [0.25, 0.3) is 0 Å². The van der Waals surface area contributed by atoms with E-state index in [2.05, 4.69) is 115 Å². The Balaban J connectivity index is 0.000000970. The summed E-state index contributed by atoms with van der Waals surface area (Å²) in [5.41, 5.74) is 1.31. The maximum atomic E-state index is 5.23. The van der Waals surface area contributed by atoms with E-state index in [4.69, 9.17) is 4.74 Å². The standard InChI is InChI=1S/C16H29N3PSeSi.2CH3.Al/c1-15(2,3)18-20(21,17-14-12-10-9-11-13-14)19(16(4,5)6)22(18,7)8;;;/h9-13H,1-8H3;2*1H3;. The summed E-state index contributed by atoms with van der Waals surface area (Å²) in [5.74, 6) is 4.42. The van der Waals surface area contributed by atoms with E-state index in [9.17, 15) is 0 Å². The Bertz CT molecular complexity index is 595. The van der Waals surface area contributed by atoms with Crippen LogP contribution >= 0.6 is 6.05 Å². The van der Waals surface area contributed by atoms with Crippen molar-refractivity contribution in [1.82, 2.24) is 8.67 Å². The monoisotopic (exact) mass is 459 g/mol. The molecule has 0 N–H and O–H groups in total. The zero-order valence-corrected chi connectivity index (χ0v) is 22.4. The average molecular weight is 459 g/mol. The number of hydrogen-bond donors (Lipinski definition) is 0. The van der Waals surface area contributed by atoms with Crippen LogP contribution in [0.1, 0.15) is 41.5 Å². The van der Waals surface area contributed by atoms with Crippen LogP contribution in [-0.2, 0) is 0 Å². The van der Waals surface area contributed by atoms with E-state index in [1.54, 1.807) is 0 Å². The van der Waals surface area contributed by atoms with Crippen molar-refractivity contribution < 1.29 is 0 Å². The third-order valence-electron chi connectivity index (χ3n) is 3.83. The summed E-state index contributed by atoms with van der Waals surface area (Å²) in [6.45, 7) is 18.8.